The highest BCUT2D eigenvalue weighted by molar-refractivity contribution is 7.85. The Balaban J connectivity index is 4.09. The lowest BCUT2D eigenvalue weighted by atomic mass is 10.1. The first-order valence-corrected chi connectivity index (χ1v) is 19.4. The molecule has 0 fully saturated rings. The van der Waals surface area contributed by atoms with Gasteiger partial charge in [-0.15, -0.1) is 0 Å². The Bertz CT molecular complexity index is 1040. The van der Waals surface area contributed by atoms with Crippen molar-refractivity contribution in [2.24, 2.45) is 0 Å². The van der Waals surface area contributed by atoms with Gasteiger partial charge >= 0.3 is 0 Å². The molecule has 3 N–H and O–H groups in total. The maximum Gasteiger partial charge on any atom is 0.267 e. The summed E-state index contributed by atoms with van der Waals surface area (Å²) in [7, 11) is -4.36. The lowest BCUT2D eigenvalue weighted by Crippen LogP contribution is -2.46. The molecule has 0 radical (unpaired) electrons. The van der Waals surface area contributed by atoms with Crippen LogP contribution in [-0.4, -0.2) is 41.9 Å². The molecule has 6 nitrogen and oxygen atoms in total. The maximum absolute atomic E-state index is 12.4. The highest BCUT2D eigenvalue weighted by atomic mass is 32.2. The van der Waals surface area contributed by atoms with E-state index in [4.69, 9.17) is 0 Å². The zero-order valence-electron chi connectivity index (χ0n) is 28.9. The maximum atomic E-state index is 12.4. The number of rotatable bonds is 30. The lowest BCUT2D eigenvalue weighted by Gasteiger charge is -2.21. The van der Waals surface area contributed by atoms with Gasteiger partial charge in [0.2, 0.25) is 5.91 Å². The van der Waals surface area contributed by atoms with Crippen LogP contribution in [0.15, 0.2) is 85.1 Å². The van der Waals surface area contributed by atoms with E-state index in [1.54, 1.807) is 6.08 Å². The number of nitrogens with one attached hydrogen (secondary N) is 1. The Labute approximate surface area is 282 Å². The molecule has 0 aromatic rings. The second-order valence-corrected chi connectivity index (χ2v) is 13.2. The van der Waals surface area contributed by atoms with Crippen LogP contribution in [0.3, 0.4) is 0 Å². The highest BCUT2D eigenvalue weighted by Crippen LogP contribution is 2.10. The zero-order valence-corrected chi connectivity index (χ0v) is 29.7. The van der Waals surface area contributed by atoms with E-state index in [1.165, 1.54) is 18.9 Å². The smallest absolute Gasteiger partial charge is 0.267 e. The number of carbonyl (C=O) groups excluding carboxylic acids is 1. The van der Waals surface area contributed by atoms with Crippen molar-refractivity contribution in [2.75, 3.05) is 5.75 Å². The zero-order chi connectivity index (χ0) is 34.0. The second kappa shape index (κ2) is 32.5. The van der Waals surface area contributed by atoms with Crippen molar-refractivity contribution >= 4 is 16.0 Å². The molecule has 0 aromatic carbocycles. The molecule has 0 aliphatic rings. The third kappa shape index (κ3) is 32.9. The minimum absolute atomic E-state index is 0.263. The van der Waals surface area contributed by atoms with E-state index in [2.05, 4.69) is 92.1 Å². The molecule has 0 aliphatic carbocycles. The quantitative estimate of drug-likeness (QED) is 0.0404. The number of hydrogen-bond acceptors (Lipinski definition) is 4. The second-order valence-electron chi connectivity index (χ2n) is 11.7. The van der Waals surface area contributed by atoms with Crippen LogP contribution < -0.4 is 5.32 Å². The van der Waals surface area contributed by atoms with Crippen molar-refractivity contribution in [2.45, 2.75) is 148 Å². The standard InChI is InChI=1S/C39H65NO5S/c1-3-5-7-9-11-13-15-17-18-19-20-21-22-23-25-27-29-31-33-35-39(42)40-37(36-46(43,44)45)38(41)34-32-30-28-26-24-16-14-12-10-8-6-4-2/h5,7,10-13,17-18,20-21,24,26,32,34,37-38,41H,3-4,6,8-9,14-16,19,22-23,25,27-31,33,35-36H2,1-2H3,(H,40,42)(H,43,44,45)/b7-5-,12-10+,13-11-,18-17-,21-20-,26-24+,34-32+. The number of allylic oxidation sites excluding steroid dienone is 13. The molecule has 0 aromatic heterocycles. The SMILES string of the molecule is CC/C=C\C/C=C\C/C=C\C/C=C\CCCCCCCCC(=O)NC(CS(=O)(=O)O)C(O)/C=C/CC/C=C/CC/C=C/CCCC. The number of unbranched alkanes of at least 4 members (excludes halogenated alkanes) is 10. The Morgan fingerprint density at radius 1 is 0.609 bits per heavy atom. The van der Waals surface area contributed by atoms with Crippen LogP contribution in [0.25, 0.3) is 0 Å². The molecule has 2 atom stereocenters. The third-order valence-corrected chi connectivity index (χ3v) is 8.06. The van der Waals surface area contributed by atoms with Crippen molar-refractivity contribution in [3.8, 4) is 0 Å². The van der Waals surface area contributed by atoms with Crippen molar-refractivity contribution in [1.29, 1.82) is 0 Å². The number of aliphatic hydroxyl groups excluding tert-OH is 1. The van der Waals surface area contributed by atoms with E-state index in [-0.39, 0.29) is 12.3 Å². The number of amides is 1. The predicted molar refractivity (Wildman–Crippen MR) is 197 cm³/mol. The normalized spacial score (nSPS) is 14.4. The first kappa shape index (κ1) is 43.5. The fourth-order valence-corrected chi connectivity index (χ4v) is 5.37. The molecule has 0 spiro atoms. The first-order valence-electron chi connectivity index (χ1n) is 17.8. The van der Waals surface area contributed by atoms with E-state index < -0.39 is 28.0 Å². The molecule has 2 unspecified atom stereocenters. The fourth-order valence-electron chi connectivity index (χ4n) is 4.63. The van der Waals surface area contributed by atoms with Gasteiger partial charge in [0.15, 0.2) is 0 Å². The molecular weight excluding hydrogens is 594 g/mol. The average molecular weight is 660 g/mol. The highest BCUT2D eigenvalue weighted by Gasteiger charge is 2.24. The molecule has 1 amide bonds. The van der Waals surface area contributed by atoms with Crippen molar-refractivity contribution in [1.82, 2.24) is 5.32 Å². The van der Waals surface area contributed by atoms with Gasteiger partial charge in [-0.05, 0) is 77.0 Å². The van der Waals surface area contributed by atoms with Crippen molar-refractivity contribution in [3.63, 3.8) is 0 Å². The topological polar surface area (TPSA) is 104 Å². The number of hydrogen-bond donors (Lipinski definition) is 3. The largest absolute Gasteiger partial charge is 0.387 e. The van der Waals surface area contributed by atoms with Gasteiger partial charge in [-0.1, -0.05) is 137 Å². The van der Waals surface area contributed by atoms with E-state index in [9.17, 15) is 22.9 Å². The van der Waals surface area contributed by atoms with E-state index >= 15 is 0 Å². The molecule has 46 heavy (non-hydrogen) atoms. The molecule has 262 valence electrons. The molecule has 0 heterocycles. The molecule has 0 saturated carbocycles. The summed E-state index contributed by atoms with van der Waals surface area (Å²) in [6, 6.07) is -1.09. The summed E-state index contributed by atoms with van der Waals surface area (Å²) in [4.78, 5) is 12.4. The minimum Gasteiger partial charge on any atom is -0.387 e. The van der Waals surface area contributed by atoms with Gasteiger partial charge in [-0.2, -0.15) is 8.42 Å². The minimum atomic E-state index is -4.36. The van der Waals surface area contributed by atoms with E-state index in [0.29, 0.717) is 12.8 Å². The van der Waals surface area contributed by atoms with Crippen LogP contribution in [0.5, 0.6) is 0 Å². The Morgan fingerprint density at radius 3 is 1.63 bits per heavy atom. The molecule has 0 rings (SSSR count). The van der Waals surface area contributed by atoms with Crippen molar-refractivity contribution in [3.05, 3.63) is 85.1 Å². The first-order chi connectivity index (χ1) is 22.3. The average Bonchev–Trinajstić information content (AvgIpc) is 3.01. The molecule has 0 saturated heterocycles. The van der Waals surface area contributed by atoms with E-state index in [1.807, 2.05) is 0 Å². The summed E-state index contributed by atoms with van der Waals surface area (Å²) in [5, 5.41) is 13.1. The number of aliphatic hydroxyl groups is 1. The van der Waals surface area contributed by atoms with Crippen LogP contribution in [0, 0.1) is 0 Å². The molecule has 0 aliphatic heterocycles. The summed E-state index contributed by atoms with van der Waals surface area (Å²) >= 11 is 0. The van der Waals surface area contributed by atoms with Crippen LogP contribution in [0.4, 0.5) is 0 Å². The van der Waals surface area contributed by atoms with Gasteiger partial charge in [0.1, 0.15) is 0 Å². The summed E-state index contributed by atoms with van der Waals surface area (Å²) < 4.78 is 32.3. The molecule has 0 bridgehead atoms. The lowest BCUT2D eigenvalue weighted by molar-refractivity contribution is -0.122. The molecule has 7 heteroatoms. The van der Waals surface area contributed by atoms with Crippen molar-refractivity contribution < 1.29 is 22.9 Å². The van der Waals surface area contributed by atoms with Crippen LogP contribution in [-0.2, 0) is 14.9 Å². The van der Waals surface area contributed by atoms with Gasteiger partial charge < -0.3 is 10.4 Å². The Kier molecular flexibility index (Phi) is 30.7. The van der Waals surface area contributed by atoms with Gasteiger partial charge in [-0.25, -0.2) is 0 Å². The summed E-state index contributed by atoms with van der Waals surface area (Å²) in [5.74, 6) is -1.04. The van der Waals surface area contributed by atoms with Gasteiger partial charge in [0, 0.05) is 6.42 Å². The Hall–Kier alpha value is -2.48. The van der Waals surface area contributed by atoms with Crippen LogP contribution in [0.2, 0.25) is 0 Å². The van der Waals surface area contributed by atoms with Gasteiger partial charge in [0.05, 0.1) is 17.9 Å². The van der Waals surface area contributed by atoms with Crippen LogP contribution >= 0.6 is 0 Å². The van der Waals surface area contributed by atoms with Gasteiger partial charge in [0.25, 0.3) is 10.1 Å². The monoisotopic (exact) mass is 659 g/mol. The Morgan fingerprint density at radius 2 is 1.07 bits per heavy atom. The van der Waals surface area contributed by atoms with Crippen LogP contribution in [0.1, 0.15) is 136 Å². The fraction of sp³-hybridized carbons (Fsp3) is 0.615. The predicted octanol–water partition coefficient (Wildman–Crippen LogP) is 10.1. The molecular formula is C39H65NO5S. The summed E-state index contributed by atoms with van der Waals surface area (Å²) in [6.07, 6.45) is 47.0. The number of carbonyl (C=O) groups is 1. The summed E-state index contributed by atoms with van der Waals surface area (Å²) in [6.45, 7) is 4.33. The third-order valence-electron chi connectivity index (χ3n) is 7.28. The van der Waals surface area contributed by atoms with Gasteiger partial charge in [-0.3, -0.25) is 9.35 Å². The van der Waals surface area contributed by atoms with E-state index in [0.717, 1.165) is 89.9 Å². The summed E-state index contributed by atoms with van der Waals surface area (Å²) in [5.41, 5.74) is 0.